The van der Waals surface area contributed by atoms with Crippen molar-refractivity contribution < 1.29 is 4.74 Å². The van der Waals surface area contributed by atoms with E-state index < -0.39 is 0 Å². The molecule has 2 aliphatic rings. The maximum absolute atomic E-state index is 5.82. The van der Waals surface area contributed by atoms with Crippen molar-refractivity contribution in [3.05, 3.63) is 0 Å². The molecule has 2 rings (SSSR count). The summed E-state index contributed by atoms with van der Waals surface area (Å²) in [6.45, 7) is 7.89. The summed E-state index contributed by atoms with van der Waals surface area (Å²) >= 11 is 0. The molecule has 0 amide bonds. The Balaban J connectivity index is 1.71. The maximum atomic E-state index is 5.82. The third-order valence-corrected chi connectivity index (χ3v) is 6.29. The fourth-order valence-electron chi connectivity index (χ4n) is 5.10. The van der Waals surface area contributed by atoms with Crippen molar-refractivity contribution in [2.45, 2.75) is 97.5 Å². The number of unbranched alkanes of at least 4 members (excludes halogenated alkanes) is 2. The first-order chi connectivity index (χ1) is 10.2. The highest BCUT2D eigenvalue weighted by atomic mass is 16.5. The van der Waals surface area contributed by atoms with Gasteiger partial charge in [0.25, 0.3) is 0 Å². The second-order valence-corrected chi connectivity index (χ2v) is 7.81. The third kappa shape index (κ3) is 5.27. The minimum atomic E-state index is 0.576. The number of hydrogen-bond acceptors (Lipinski definition) is 1. The highest BCUT2D eigenvalue weighted by Crippen LogP contribution is 2.44. The summed E-state index contributed by atoms with van der Waals surface area (Å²) in [6.07, 6.45) is 16.4. The minimum Gasteiger partial charge on any atom is -0.379 e. The average Bonchev–Trinajstić information content (AvgIpc) is 2.49. The number of hydrogen-bond donors (Lipinski definition) is 0. The lowest BCUT2D eigenvalue weighted by Crippen LogP contribution is -2.33. The van der Waals surface area contributed by atoms with Crippen LogP contribution in [0.15, 0.2) is 0 Å². The molecule has 0 aliphatic heterocycles. The van der Waals surface area contributed by atoms with E-state index in [4.69, 9.17) is 4.74 Å². The van der Waals surface area contributed by atoms with Crippen LogP contribution in [-0.4, -0.2) is 12.7 Å². The van der Waals surface area contributed by atoms with Crippen LogP contribution in [0.25, 0.3) is 0 Å². The summed E-state index contributed by atoms with van der Waals surface area (Å²) in [5.41, 5.74) is 0. The van der Waals surface area contributed by atoms with E-state index in [-0.39, 0.29) is 0 Å². The summed E-state index contributed by atoms with van der Waals surface area (Å²) in [5.74, 6) is 4.05. The topological polar surface area (TPSA) is 9.23 Å². The molecule has 0 radical (unpaired) electrons. The molecular weight excluding hydrogens is 256 g/mol. The molecule has 1 nitrogen and oxygen atoms in total. The van der Waals surface area contributed by atoms with Crippen LogP contribution in [0.1, 0.15) is 91.4 Å². The van der Waals surface area contributed by atoms with E-state index in [1.165, 1.54) is 70.6 Å². The number of rotatable bonds is 7. The first-order valence-electron chi connectivity index (χ1n) is 9.86. The van der Waals surface area contributed by atoms with Crippen LogP contribution in [0.3, 0.4) is 0 Å². The first kappa shape index (κ1) is 17.3. The zero-order valence-electron chi connectivity index (χ0n) is 14.8. The van der Waals surface area contributed by atoms with Gasteiger partial charge in [0.1, 0.15) is 0 Å². The van der Waals surface area contributed by atoms with Gasteiger partial charge in [0.05, 0.1) is 6.10 Å². The first-order valence-corrected chi connectivity index (χ1v) is 9.86. The molecule has 2 aliphatic carbocycles. The monoisotopic (exact) mass is 294 g/mol. The van der Waals surface area contributed by atoms with Gasteiger partial charge in [-0.3, -0.25) is 0 Å². The van der Waals surface area contributed by atoms with Gasteiger partial charge in [-0.1, -0.05) is 46.0 Å². The molecule has 3 atom stereocenters. The SMILES string of the molecule is CCCCCC1CCC(C2CCC(OCC)CC2)C(C)C1. The molecule has 0 bridgehead atoms. The zero-order valence-corrected chi connectivity index (χ0v) is 14.8. The summed E-state index contributed by atoms with van der Waals surface area (Å²) in [5, 5.41) is 0. The number of ether oxygens (including phenoxy) is 1. The Morgan fingerprint density at radius 1 is 0.905 bits per heavy atom. The fourth-order valence-corrected chi connectivity index (χ4v) is 5.10. The van der Waals surface area contributed by atoms with Gasteiger partial charge < -0.3 is 4.74 Å². The van der Waals surface area contributed by atoms with Gasteiger partial charge in [0, 0.05) is 6.61 Å². The molecule has 1 heteroatoms. The van der Waals surface area contributed by atoms with Gasteiger partial charge in [-0.15, -0.1) is 0 Å². The van der Waals surface area contributed by atoms with Gasteiger partial charge in [0.2, 0.25) is 0 Å². The van der Waals surface area contributed by atoms with Gasteiger partial charge in [-0.25, -0.2) is 0 Å². The summed E-state index contributed by atoms with van der Waals surface area (Å²) in [6, 6.07) is 0. The molecule has 0 N–H and O–H groups in total. The van der Waals surface area contributed by atoms with Crippen molar-refractivity contribution in [3.63, 3.8) is 0 Å². The van der Waals surface area contributed by atoms with Crippen molar-refractivity contribution in [1.82, 2.24) is 0 Å². The molecule has 2 saturated carbocycles. The van der Waals surface area contributed by atoms with E-state index in [1.54, 1.807) is 0 Å². The molecule has 3 unspecified atom stereocenters. The lowest BCUT2D eigenvalue weighted by atomic mass is 9.65. The standard InChI is InChI=1S/C20H38O/c1-4-6-7-8-17-9-14-20(16(3)15-17)18-10-12-19(13-11-18)21-5-2/h16-20H,4-15H2,1-3H3. The molecule has 21 heavy (non-hydrogen) atoms. The molecule has 0 aromatic rings. The van der Waals surface area contributed by atoms with Crippen molar-refractivity contribution in [2.75, 3.05) is 6.61 Å². The van der Waals surface area contributed by atoms with Crippen molar-refractivity contribution >= 4 is 0 Å². The van der Waals surface area contributed by atoms with Crippen LogP contribution in [-0.2, 0) is 4.74 Å². The Bertz CT molecular complexity index is 267. The fraction of sp³-hybridized carbons (Fsp3) is 1.00. The van der Waals surface area contributed by atoms with Crippen molar-refractivity contribution in [1.29, 1.82) is 0 Å². The lowest BCUT2D eigenvalue weighted by molar-refractivity contribution is 0.00586. The molecule has 124 valence electrons. The normalized spacial score (nSPS) is 37.6. The van der Waals surface area contributed by atoms with Crippen LogP contribution in [0, 0.1) is 23.7 Å². The predicted molar refractivity (Wildman–Crippen MR) is 91.5 cm³/mol. The van der Waals surface area contributed by atoms with Crippen molar-refractivity contribution in [3.8, 4) is 0 Å². The average molecular weight is 295 g/mol. The van der Waals surface area contributed by atoms with E-state index in [9.17, 15) is 0 Å². The molecule has 2 fully saturated rings. The van der Waals surface area contributed by atoms with E-state index in [0.717, 1.165) is 30.3 Å². The van der Waals surface area contributed by atoms with E-state index in [1.807, 2.05) is 0 Å². The van der Waals surface area contributed by atoms with Gasteiger partial charge in [0.15, 0.2) is 0 Å². The quantitative estimate of drug-likeness (QED) is 0.507. The summed E-state index contributed by atoms with van der Waals surface area (Å²) in [7, 11) is 0. The largest absolute Gasteiger partial charge is 0.379 e. The Morgan fingerprint density at radius 2 is 1.67 bits per heavy atom. The third-order valence-electron chi connectivity index (χ3n) is 6.29. The minimum absolute atomic E-state index is 0.576. The van der Waals surface area contributed by atoms with Crippen LogP contribution in [0.5, 0.6) is 0 Å². The second kappa shape index (κ2) is 9.18. The maximum Gasteiger partial charge on any atom is 0.0575 e. The van der Waals surface area contributed by atoms with Gasteiger partial charge in [-0.05, 0) is 69.1 Å². The zero-order chi connectivity index (χ0) is 15.1. The van der Waals surface area contributed by atoms with Crippen LogP contribution < -0.4 is 0 Å². The molecule has 0 spiro atoms. The van der Waals surface area contributed by atoms with E-state index in [0.29, 0.717) is 6.10 Å². The Morgan fingerprint density at radius 3 is 2.29 bits per heavy atom. The molecule has 0 aromatic heterocycles. The van der Waals surface area contributed by atoms with Gasteiger partial charge >= 0.3 is 0 Å². The Kier molecular flexibility index (Phi) is 7.57. The molecule has 0 heterocycles. The highest BCUT2D eigenvalue weighted by Gasteiger charge is 2.34. The summed E-state index contributed by atoms with van der Waals surface area (Å²) in [4.78, 5) is 0. The predicted octanol–water partition coefficient (Wildman–Crippen LogP) is 6.21. The van der Waals surface area contributed by atoms with Crippen LogP contribution in [0.2, 0.25) is 0 Å². The highest BCUT2D eigenvalue weighted by molar-refractivity contribution is 4.85. The smallest absolute Gasteiger partial charge is 0.0575 e. The van der Waals surface area contributed by atoms with Crippen LogP contribution in [0.4, 0.5) is 0 Å². The van der Waals surface area contributed by atoms with Crippen molar-refractivity contribution in [2.24, 2.45) is 23.7 Å². The molecular formula is C20H38O. The van der Waals surface area contributed by atoms with E-state index in [2.05, 4.69) is 20.8 Å². The summed E-state index contributed by atoms with van der Waals surface area (Å²) < 4.78 is 5.82. The second-order valence-electron chi connectivity index (χ2n) is 7.81. The molecule has 0 saturated heterocycles. The lowest BCUT2D eigenvalue weighted by Gasteiger charge is -2.41. The van der Waals surface area contributed by atoms with Gasteiger partial charge in [-0.2, -0.15) is 0 Å². The Hall–Kier alpha value is -0.0400. The molecule has 0 aromatic carbocycles. The Labute approximate surface area is 133 Å². The van der Waals surface area contributed by atoms with E-state index >= 15 is 0 Å². The van der Waals surface area contributed by atoms with Crippen LogP contribution >= 0.6 is 0 Å².